The molecule has 1 saturated heterocycles. The Morgan fingerprint density at radius 3 is 2.78 bits per heavy atom. The van der Waals surface area contributed by atoms with Gasteiger partial charge in [0.05, 0.1) is 11.7 Å². The lowest BCUT2D eigenvalue weighted by molar-refractivity contribution is 0.0669. The number of benzene rings is 1. The number of hydrogen-bond donors (Lipinski definition) is 4. The Morgan fingerprint density at radius 2 is 2.00 bits per heavy atom. The molecule has 10 heteroatoms. The van der Waals surface area contributed by atoms with Crippen molar-refractivity contribution >= 4 is 34.0 Å². The number of nitrogens with one attached hydrogen (secondary N) is 2. The predicted octanol–water partition coefficient (Wildman–Crippen LogP) is 3.85. The molecule has 2 fully saturated rings. The van der Waals surface area contributed by atoms with E-state index in [0.29, 0.717) is 18.2 Å². The molecule has 1 amide bonds. The van der Waals surface area contributed by atoms with Crippen LogP contribution in [0, 0.1) is 5.82 Å². The lowest BCUT2D eigenvalue weighted by atomic mass is 9.91. The first-order valence-corrected chi connectivity index (χ1v) is 12.4. The number of halogens is 1. The van der Waals surface area contributed by atoms with Crippen molar-refractivity contribution in [2.75, 3.05) is 23.8 Å². The van der Waals surface area contributed by atoms with Gasteiger partial charge in [-0.05, 0) is 61.4 Å². The molecule has 6 N–H and O–H groups in total. The monoisotopic (exact) mass is 494 g/mol. The van der Waals surface area contributed by atoms with E-state index in [2.05, 4.69) is 20.6 Å². The standard InChI is InChI=1S/C26H31FN6O3/c27-20-13-19(23(29)34)24(33-25(20)32-22-6-2-1-5-21(22)28)31-16-7-8-18-15(12-16)9-10-30-26(18)36-14-17-4-3-11-35-17/h7-10,12-13,17,21-22H,1-6,11,14,28H2,(H2,29,34)(H2,31,32,33). The third-order valence-electron chi connectivity index (χ3n) is 6.80. The molecule has 1 aliphatic carbocycles. The summed E-state index contributed by atoms with van der Waals surface area (Å²) in [5.41, 5.74) is 12.4. The Morgan fingerprint density at radius 1 is 1.14 bits per heavy atom. The second-order valence-electron chi connectivity index (χ2n) is 9.40. The van der Waals surface area contributed by atoms with E-state index in [1.807, 2.05) is 24.3 Å². The fourth-order valence-electron chi connectivity index (χ4n) is 4.81. The van der Waals surface area contributed by atoms with Crippen molar-refractivity contribution in [3.05, 3.63) is 47.9 Å². The zero-order valence-corrected chi connectivity index (χ0v) is 20.0. The number of nitrogens with zero attached hydrogens (tertiary/aromatic N) is 2. The highest BCUT2D eigenvalue weighted by atomic mass is 19.1. The molecule has 3 atom stereocenters. The van der Waals surface area contributed by atoms with Crippen molar-refractivity contribution in [2.24, 2.45) is 11.5 Å². The molecule has 3 heterocycles. The molecule has 1 saturated carbocycles. The summed E-state index contributed by atoms with van der Waals surface area (Å²) in [5.74, 6) is -0.689. The van der Waals surface area contributed by atoms with Gasteiger partial charge >= 0.3 is 0 Å². The van der Waals surface area contributed by atoms with Gasteiger partial charge in [-0.15, -0.1) is 0 Å². The minimum atomic E-state index is -0.778. The van der Waals surface area contributed by atoms with E-state index in [-0.39, 0.29) is 35.4 Å². The Labute approximate surface area is 208 Å². The Balaban J connectivity index is 1.39. The van der Waals surface area contributed by atoms with Crippen LogP contribution in [0.25, 0.3) is 10.8 Å². The van der Waals surface area contributed by atoms with Gasteiger partial charge in [-0.3, -0.25) is 4.79 Å². The van der Waals surface area contributed by atoms with Gasteiger partial charge in [-0.1, -0.05) is 12.8 Å². The number of hydrogen-bond acceptors (Lipinski definition) is 8. The number of anilines is 3. The minimum absolute atomic E-state index is 0.0404. The third kappa shape index (κ3) is 5.34. The first-order valence-electron chi connectivity index (χ1n) is 12.4. The maximum atomic E-state index is 14.8. The number of rotatable bonds is 8. The van der Waals surface area contributed by atoms with Crippen molar-refractivity contribution in [1.29, 1.82) is 0 Å². The molecule has 190 valence electrons. The van der Waals surface area contributed by atoms with Crippen LogP contribution in [0.4, 0.5) is 21.7 Å². The number of aromatic nitrogens is 2. The summed E-state index contributed by atoms with van der Waals surface area (Å²) < 4.78 is 26.4. The molecule has 2 aromatic heterocycles. The van der Waals surface area contributed by atoms with E-state index in [4.69, 9.17) is 20.9 Å². The SMILES string of the molecule is NC(=O)c1cc(F)c(NC2CCCCC2N)nc1Nc1ccc2c(OCC3CCCO3)nccc2c1. The lowest BCUT2D eigenvalue weighted by Gasteiger charge is -2.30. The second-order valence-corrected chi connectivity index (χ2v) is 9.40. The van der Waals surface area contributed by atoms with Gasteiger partial charge in [0, 0.05) is 36.0 Å². The second kappa shape index (κ2) is 10.6. The molecule has 3 aromatic rings. The third-order valence-corrected chi connectivity index (χ3v) is 6.80. The summed E-state index contributed by atoms with van der Waals surface area (Å²) in [6, 6.07) is 8.38. The number of carbonyl (C=O) groups excluding carboxylic acids is 1. The van der Waals surface area contributed by atoms with Crippen LogP contribution < -0.4 is 26.8 Å². The normalized spacial score (nSPS) is 21.9. The van der Waals surface area contributed by atoms with E-state index in [1.165, 1.54) is 0 Å². The van der Waals surface area contributed by atoms with Crippen LogP contribution in [0.15, 0.2) is 36.5 Å². The van der Waals surface area contributed by atoms with Crippen LogP contribution in [-0.2, 0) is 4.74 Å². The highest BCUT2D eigenvalue weighted by Gasteiger charge is 2.24. The topological polar surface area (TPSA) is 137 Å². The van der Waals surface area contributed by atoms with E-state index in [1.54, 1.807) is 6.20 Å². The van der Waals surface area contributed by atoms with Crippen molar-refractivity contribution < 1.29 is 18.7 Å². The zero-order valence-electron chi connectivity index (χ0n) is 20.0. The number of nitrogens with two attached hydrogens (primary N) is 2. The largest absolute Gasteiger partial charge is 0.474 e. The molecule has 0 spiro atoms. The van der Waals surface area contributed by atoms with E-state index >= 15 is 0 Å². The molecule has 3 unspecified atom stereocenters. The maximum absolute atomic E-state index is 14.8. The smallest absolute Gasteiger partial charge is 0.252 e. The quantitative estimate of drug-likeness (QED) is 0.371. The molecule has 0 bridgehead atoms. The van der Waals surface area contributed by atoms with Crippen molar-refractivity contribution in [3.8, 4) is 5.88 Å². The summed E-state index contributed by atoms with van der Waals surface area (Å²) in [6.45, 7) is 1.22. The molecular weight excluding hydrogens is 463 g/mol. The Hall–Kier alpha value is -3.50. The van der Waals surface area contributed by atoms with Gasteiger partial charge < -0.3 is 31.6 Å². The molecule has 1 aromatic carbocycles. The number of fused-ring (bicyclic) bond motifs is 1. The van der Waals surface area contributed by atoms with Crippen molar-refractivity contribution in [3.63, 3.8) is 0 Å². The summed E-state index contributed by atoms with van der Waals surface area (Å²) in [4.78, 5) is 20.8. The van der Waals surface area contributed by atoms with Gasteiger partial charge in [0.2, 0.25) is 5.88 Å². The highest BCUT2D eigenvalue weighted by molar-refractivity contribution is 5.99. The lowest BCUT2D eigenvalue weighted by Crippen LogP contribution is -2.43. The number of pyridine rings is 2. The van der Waals surface area contributed by atoms with Crippen molar-refractivity contribution in [2.45, 2.75) is 56.7 Å². The van der Waals surface area contributed by atoms with Crippen LogP contribution in [0.3, 0.4) is 0 Å². The zero-order chi connectivity index (χ0) is 25.1. The van der Waals surface area contributed by atoms with E-state index < -0.39 is 11.7 Å². The van der Waals surface area contributed by atoms with E-state index in [0.717, 1.165) is 62.0 Å². The molecule has 5 rings (SSSR count). The summed E-state index contributed by atoms with van der Waals surface area (Å²) >= 11 is 0. The maximum Gasteiger partial charge on any atom is 0.252 e. The molecule has 36 heavy (non-hydrogen) atoms. The Bertz CT molecular complexity index is 1250. The predicted molar refractivity (Wildman–Crippen MR) is 136 cm³/mol. The number of ether oxygens (including phenoxy) is 2. The summed E-state index contributed by atoms with van der Waals surface area (Å²) in [6.07, 6.45) is 7.57. The number of carbonyl (C=O) groups is 1. The van der Waals surface area contributed by atoms with Crippen LogP contribution in [-0.4, -0.2) is 47.3 Å². The van der Waals surface area contributed by atoms with E-state index in [9.17, 15) is 9.18 Å². The summed E-state index contributed by atoms with van der Waals surface area (Å²) in [7, 11) is 0. The minimum Gasteiger partial charge on any atom is -0.474 e. The highest BCUT2D eigenvalue weighted by Crippen LogP contribution is 2.30. The first kappa shape index (κ1) is 24.2. The number of amides is 1. The molecular formula is C26H31FN6O3. The van der Waals surface area contributed by atoms with Gasteiger partial charge in [0.25, 0.3) is 5.91 Å². The fraction of sp³-hybridized carbons (Fsp3) is 0.423. The van der Waals surface area contributed by atoms with Gasteiger partial charge in [-0.25, -0.2) is 14.4 Å². The molecule has 1 aliphatic heterocycles. The van der Waals surface area contributed by atoms with Crippen LogP contribution in [0.1, 0.15) is 48.9 Å². The molecule has 0 radical (unpaired) electrons. The number of primary amides is 1. The first-order chi connectivity index (χ1) is 17.5. The Kier molecular flexibility index (Phi) is 7.15. The van der Waals surface area contributed by atoms with Crippen molar-refractivity contribution in [1.82, 2.24) is 9.97 Å². The van der Waals surface area contributed by atoms with Gasteiger partial charge in [0.1, 0.15) is 12.4 Å². The van der Waals surface area contributed by atoms with Crippen LogP contribution in [0.5, 0.6) is 5.88 Å². The fourth-order valence-corrected chi connectivity index (χ4v) is 4.81. The van der Waals surface area contributed by atoms with Crippen LogP contribution in [0.2, 0.25) is 0 Å². The average molecular weight is 495 g/mol. The summed E-state index contributed by atoms with van der Waals surface area (Å²) in [5, 5.41) is 7.98. The van der Waals surface area contributed by atoms with Gasteiger partial charge in [-0.2, -0.15) is 0 Å². The average Bonchev–Trinajstić information content (AvgIpc) is 3.39. The molecule has 2 aliphatic rings. The van der Waals surface area contributed by atoms with Gasteiger partial charge in [0.15, 0.2) is 11.6 Å². The molecule has 9 nitrogen and oxygen atoms in total. The van der Waals surface area contributed by atoms with Crippen LogP contribution >= 0.6 is 0 Å².